The molecular weight excluding hydrogens is 402 g/mol. The summed E-state index contributed by atoms with van der Waals surface area (Å²) in [5.41, 5.74) is 4.79. The molecule has 1 aliphatic heterocycles. The van der Waals surface area contributed by atoms with E-state index >= 15 is 0 Å². The molecule has 0 aromatic heterocycles. The van der Waals surface area contributed by atoms with Crippen molar-refractivity contribution in [3.63, 3.8) is 0 Å². The fourth-order valence-electron chi connectivity index (χ4n) is 3.62. The Labute approximate surface area is 187 Å². The summed E-state index contributed by atoms with van der Waals surface area (Å²) in [5, 5.41) is 15.4. The third-order valence-electron chi connectivity index (χ3n) is 5.02. The van der Waals surface area contributed by atoms with E-state index in [4.69, 9.17) is 14.7 Å². The van der Waals surface area contributed by atoms with Crippen molar-refractivity contribution >= 4 is 28.6 Å². The Morgan fingerprint density at radius 1 is 0.969 bits per heavy atom. The fourth-order valence-corrected chi connectivity index (χ4v) is 3.62. The minimum Gasteiger partial charge on any atom is -0.490 e. The number of hydrogen-bond acceptors (Lipinski definition) is 5. The molecule has 0 saturated carbocycles. The molecule has 4 rings (SSSR count). The van der Waals surface area contributed by atoms with Crippen molar-refractivity contribution in [1.29, 1.82) is 5.26 Å². The van der Waals surface area contributed by atoms with Crippen LogP contribution in [0, 0.1) is 11.3 Å². The Morgan fingerprint density at radius 2 is 1.62 bits per heavy atom. The predicted molar refractivity (Wildman–Crippen MR) is 125 cm³/mol. The van der Waals surface area contributed by atoms with Gasteiger partial charge in [-0.25, -0.2) is 0 Å². The molecule has 6 nitrogen and oxygen atoms in total. The average Bonchev–Trinajstić information content (AvgIpc) is 3.13. The lowest BCUT2D eigenvalue weighted by atomic mass is 9.99. The van der Waals surface area contributed by atoms with E-state index in [9.17, 15) is 4.79 Å². The van der Waals surface area contributed by atoms with Crippen molar-refractivity contribution in [2.24, 2.45) is 0 Å². The summed E-state index contributed by atoms with van der Waals surface area (Å²) in [4.78, 5) is 13.1. The lowest BCUT2D eigenvalue weighted by Crippen LogP contribution is -2.10. The van der Waals surface area contributed by atoms with Crippen LogP contribution in [-0.4, -0.2) is 19.1 Å². The minimum atomic E-state index is -0.212. The largest absolute Gasteiger partial charge is 0.490 e. The van der Waals surface area contributed by atoms with Gasteiger partial charge in [-0.05, 0) is 49.7 Å². The number of nitriles is 1. The summed E-state index contributed by atoms with van der Waals surface area (Å²) in [6.07, 6.45) is 0. The molecule has 0 aliphatic carbocycles. The highest BCUT2D eigenvalue weighted by atomic mass is 16.5. The van der Waals surface area contributed by atoms with Crippen molar-refractivity contribution in [2.45, 2.75) is 13.8 Å². The van der Waals surface area contributed by atoms with E-state index in [2.05, 4.69) is 16.7 Å². The van der Waals surface area contributed by atoms with Gasteiger partial charge in [0.2, 0.25) is 0 Å². The lowest BCUT2D eigenvalue weighted by Gasteiger charge is -2.16. The number of hydrogen-bond donors (Lipinski definition) is 2. The second kappa shape index (κ2) is 9.27. The molecule has 0 fully saturated rings. The van der Waals surface area contributed by atoms with Crippen LogP contribution in [0.5, 0.6) is 11.5 Å². The van der Waals surface area contributed by atoms with Crippen LogP contribution in [0.25, 0.3) is 11.3 Å². The summed E-state index contributed by atoms with van der Waals surface area (Å²) in [7, 11) is 0. The number of anilines is 2. The Balaban J connectivity index is 1.88. The van der Waals surface area contributed by atoms with Gasteiger partial charge in [-0.2, -0.15) is 5.26 Å². The highest BCUT2D eigenvalue weighted by molar-refractivity contribution is 6.37. The normalized spacial score (nSPS) is 13.6. The molecule has 0 bridgehead atoms. The van der Waals surface area contributed by atoms with E-state index in [1.54, 1.807) is 18.2 Å². The Bertz CT molecular complexity index is 1210. The van der Waals surface area contributed by atoms with Crippen molar-refractivity contribution in [2.75, 3.05) is 23.8 Å². The second-order valence-electron chi connectivity index (χ2n) is 7.09. The van der Waals surface area contributed by atoms with E-state index in [0.29, 0.717) is 47.2 Å². The molecule has 32 heavy (non-hydrogen) atoms. The van der Waals surface area contributed by atoms with Gasteiger partial charge in [-0.3, -0.25) is 4.79 Å². The van der Waals surface area contributed by atoms with E-state index in [1.165, 1.54) is 0 Å². The van der Waals surface area contributed by atoms with Gasteiger partial charge in [0.1, 0.15) is 0 Å². The van der Waals surface area contributed by atoms with E-state index in [0.717, 1.165) is 16.8 Å². The van der Waals surface area contributed by atoms with Gasteiger partial charge < -0.3 is 20.1 Å². The van der Waals surface area contributed by atoms with Crippen LogP contribution in [0.15, 0.2) is 66.7 Å². The zero-order chi connectivity index (χ0) is 22.5. The molecule has 1 amide bonds. The van der Waals surface area contributed by atoms with E-state index in [1.807, 2.05) is 62.4 Å². The molecule has 3 aromatic carbocycles. The number of rotatable bonds is 7. The summed E-state index contributed by atoms with van der Waals surface area (Å²) < 4.78 is 11.5. The van der Waals surface area contributed by atoms with E-state index in [-0.39, 0.29) is 5.91 Å². The first-order valence-electron chi connectivity index (χ1n) is 10.5. The number of nitrogens with one attached hydrogen (secondary N) is 2. The molecule has 160 valence electrons. The van der Waals surface area contributed by atoms with Crippen molar-refractivity contribution in [3.8, 4) is 17.6 Å². The SMILES string of the molecule is CCOc1cc2c(cc1OCC)/C(=C(/Nc1ccc(C#N)cc1)c1ccccc1)C(=O)N2. The Kier molecular flexibility index (Phi) is 6.09. The predicted octanol–water partition coefficient (Wildman–Crippen LogP) is 5.29. The maximum atomic E-state index is 13.1. The summed E-state index contributed by atoms with van der Waals surface area (Å²) in [6, 6.07) is 22.6. The summed E-state index contributed by atoms with van der Waals surface area (Å²) in [5.74, 6) is 0.972. The van der Waals surface area contributed by atoms with Crippen LogP contribution in [0.3, 0.4) is 0 Å². The maximum absolute atomic E-state index is 13.1. The average molecular weight is 425 g/mol. The molecule has 0 spiro atoms. The van der Waals surface area contributed by atoms with Crippen LogP contribution in [0.2, 0.25) is 0 Å². The zero-order valence-corrected chi connectivity index (χ0v) is 17.9. The molecule has 0 radical (unpaired) electrons. The number of amides is 1. The number of fused-ring (bicyclic) bond motifs is 1. The lowest BCUT2D eigenvalue weighted by molar-refractivity contribution is -0.110. The molecule has 3 aromatic rings. The van der Waals surface area contributed by atoms with Gasteiger partial charge >= 0.3 is 0 Å². The smallest absolute Gasteiger partial charge is 0.258 e. The molecule has 0 atom stereocenters. The third-order valence-corrected chi connectivity index (χ3v) is 5.02. The number of carbonyl (C=O) groups is 1. The molecule has 0 unspecified atom stereocenters. The monoisotopic (exact) mass is 425 g/mol. The summed E-state index contributed by atoms with van der Waals surface area (Å²) >= 11 is 0. The number of carbonyl (C=O) groups excluding carboxylic acids is 1. The highest BCUT2D eigenvalue weighted by Gasteiger charge is 2.30. The first-order valence-corrected chi connectivity index (χ1v) is 10.5. The van der Waals surface area contributed by atoms with Gasteiger partial charge in [0.25, 0.3) is 5.91 Å². The van der Waals surface area contributed by atoms with Crippen molar-refractivity contribution in [1.82, 2.24) is 0 Å². The van der Waals surface area contributed by atoms with Crippen molar-refractivity contribution < 1.29 is 14.3 Å². The van der Waals surface area contributed by atoms with Crippen LogP contribution in [-0.2, 0) is 4.79 Å². The number of benzene rings is 3. The zero-order valence-electron chi connectivity index (χ0n) is 17.9. The first-order chi connectivity index (χ1) is 15.6. The second-order valence-corrected chi connectivity index (χ2v) is 7.09. The Hall–Kier alpha value is -4.24. The third kappa shape index (κ3) is 4.14. The van der Waals surface area contributed by atoms with Crippen molar-refractivity contribution in [3.05, 3.63) is 83.4 Å². The quantitative estimate of drug-likeness (QED) is 0.503. The van der Waals surface area contributed by atoms with Crippen LogP contribution >= 0.6 is 0 Å². The van der Waals surface area contributed by atoms with Crippen LogP contribution in [0.4, 0.5) is 11.4 Å². The Morgan fingerprint density at radius 3 is 2.25 bits per heavy atom. The van der Waals surface area contributed by atoms with Gasteiger partial charge in [0, 0.05) is 17.3 Å². The van der Waals surface area contributed by atoms with E-state index < -0.39 is 0 Å². The highest BCUT2D eigenvalue weighted by Crippen LogP contribution is 2.43. The molecule has 1 aliphatic rings. The fraction of sp³-hybridized carbons (Fsp3) is 0.154. The first kappa shape index (κ1) is 21.0. The van der Waals surface area contributed by atoms with Crippen LogP contribution in [0.1, 0.15) is 30.5 Å². The number of ether oxygens (including phenoxy) is 2. The topological polar surface area (TPSA) is 83.4 Å². The molecule has 6 heteroatoms. The molecule has 0 saturated heterocycles. The summed E-state index contributed by atoms with van der Waals surface area (Å²) in [6.45, 7) is 4.78. The van der Waals surface area contributed by atoms with Gasteiger partial charge in [0.15, 0.2) is 11.5 Å². The molecule has 2 N–H and O–H groups in total. The molecular formula is C26H23N3O3. The maximum Gasteiger partial charge on any atom is 0.258 e. The van der Waals surface area contributed by atoms with Crippen LogP contribution < -0.4 is 20.1 Å². The standard InChI is InChI=1S/C26H23N3O3/c1-3-31-22-14-20-21(15-23(22)32-4-2)29-26(30)24(20)25(18-8-6-5-7-9-18)28-19-12-10-17(16-27)11-13-19/h5-15,28H,3-4H2,1-2H3,(H,29,30)/b25-24-. The minimum absolute atomic E-state index is 0.212. The van der Waals surface area contributed by atoms with Gasteiger partial charge in [-0.15, -0.1) is 0 Å². The molecule has 1 heterocycles. The number of nitrogens with zero attached hydrogens (tertiary/aromatic N) is 1. The van der Waals surface area contributed by atoms with Gasteiger partial charge in [0.05, 0.1) is 41.8 Å². The van der Waals surface area contributed by atoms with Gasteiger partial charge in [-0.1, -0.05) is 30.3 Å².